The molecule has 0 fully saturated rings. The van der Waals surface area contributed by atoms with Gasteiger partial charge in [-0.1, -0.05) is 11.6 Å². The Balaban J connectivity index is 3.17. The highest BCUT2D eigenvalue weighted by atomic mass is 32.2. The Bertz CT molecular complexity index is 605. The molecule has 0 saturated carbocycles. The van der Waals surface area contributed by atoms with E-state index in [1.165, 1.54) is 26.4 Å². The lowest BCUT2D eigenvalue weighted by molar-refractivity contribution is 0.387. The molecule has 0 atom stereocenters. The van der Waals surface area contributed by atoms with E-state index in [4.69, 9.17) is 15.2 Å². The summed E-state index contributed by atoms with van der Waals surface area (Å²) in [6.45, 7) is 3.99. The highest BCUT2D eigenvalue weighted by Crippen LogP contribution is 2.33. The van der Waals surface area contributed by atoms with Crippen molar-refractivity contribution in [3.05, 3.63) is 23.8 Å². The number of sulfonamides is 1. The Kier molecular flexibility index (Phi) is 5.41. The predicted octanol–water partition coefficient (Wildman–Crippen LogP) is 1.53. The normalized spacial score (nSPS) is 11.0. The Morgan fingerprint density at radius 3 is 2.35 bits per heavy atom. The van der Waals surface area contributed by atoms with E-state index in [2.05, 4.69) is 4.72 Å². The molecule has 0 radical (unpaired) electrons. The quantitative estimate of drug-likeness (QED) is 0.614. The van der Waals surface area contributed by atoms with Gasteiger partial charge < -0.3 is 15.2 Å². The fourth-order valence-electron chi connectivity index (χ4n) is 1.54. The van der Waals surface area contributed by atoms with E-state index in [0.29, 0.717) is 5.75 Å². The smallest absolute Gasteiger partial charge is 0.244 e. The zero-order chi connectivity index (χ0) is 15.3. The van der Waals surface area contributed by atoms with Gasteiger partial charge >= 0.3 is 0 Å². The van der Waals surface area contributed by atoms with E-state index >= 15 is 0 Å². The van der Waals surface area contributed by atoms with Crippen molar-refractivity contribution >= 4 is 15.7 Å². The molecule has 112 valence electrons. The lowest BCUT2D eigenvalue weighted by Gasteiger charge is -2.13. The second-order valence-corrected chi connectivity index (χ2v) is 6.11. The maximum absolute atomic E-state index is 12.2. The fourth-order valence-corrected chi connectivity index (χ4v) is 2.68. The van der Waals surface area contributed by atoms with Crippen LogP contribution in [0.5, 0.6) is 11.5 Å². The summed E-state index contributed by atoms with van der Waals surface area (Å²) >= 11 is 0. The van der Waals surface area contributed by atoms with Crippen LogP contribution in [0, 0.1) is 0 Å². The van der Waals surface area contributed by atoms with Gasteiger partial charge in [-0.25, -0.2) is 13.1 Å². The average molecular weight is 300 g/mol. The number of ether oxygens (including phenoxy) is 2. The Labute approximate surface area is 119 Å². The minimum absolute atomic E-state index is 0.0135. The molecule has 0 amide bonds. The molecule has 6 nitrogen and oxygen atoms in total. The number of hydrogen-bond acceptors (Lipinski definition) is 5. The highest BCUT2D eigenvalue weighted by Gasteiger charge is 2.21. The van der Waals surface area contributed by atoms with E-state index in [1.807, 2.05) is 13.8 Å². The van der Waals surface area contributed by atoms with Crippen LogP contribution in [0.25, 0.3) is 0 Å². The lowest BCUT2D eigenvalue weighted by atomic mass is 10.3. The summed E-state index contributed by atoms with van der Waals surface area (Å²) in [5, 5.41) is 0. The van der Waals surface area contributed by atoms with Crippen LogP contribution in [-0.4, -0.2) is 29.2 Å². The largest absolute Gasteiger partial charge is 0.495 e. The zero-order valence-corrected chi connectivity index (χ0v) is 12.9. The first-order chi connectivity index (χ1) is 9.31. The molecule has 1 aromatic rings. The van der Waals surface area contributed by atoms with E-state index in [1.54, 1.807) is 6.08 Å². The van der Waals surface area contributed by atoms with Gasteiger partial charge in [-0.2, -0.15) is 0 Å². The average Bonchev–Trinajstić information content (AvgIpc) is 2.37. The van der Waals surface area contributed by atoms with Crippen LogP contribution in [0.15, 0.2) is 28.7 Å². The first kappa shape index (κ1) is 16.3. The first-order valence-electron chi connectivity index (χ1n) is 5.96. The maximum Gasteiger partial charge on any atom is 0.244 e. The van der Waals surface area contributed by atoms with E-state index in [9.17, 15) is 8.42 Å². The third-order valence-electron chi connectivity index (χ3n) is 2.59. The summed E-state index contributed by atoms with van der Waals surface area (Å²) in [4.78, 5) is -0.0135. The zero-order valence-electron chi connectivity index (χ0n) is 12.1. The summed E-state index contributed by atoms with van der Waals surface area (Å²) < 4.78 is 37.0. The maximum atomic E-state index is 12.2. The van der Waals surface area contributed by atoms with Crippen LogP contribution in [0.1, 0.15) is 13.8 Å². The molecule has 7 heteroatoms. The van der Waals surface area contributed by atoms with Gasteiger partial charge in [0.2, 0.25) is 10.0 Å². The van der Waals surface area contributed by atoms with Gasteiger partial charge in [0.25, 0.3) is 0 Å². The minimum Gasteiger partial charge on any atom is -0.495 e. The van der Waals surface area contributed by atoms with Crippen LogP contribution in [0.4, 0.5) is 5.69 Å². The Morgan fingerprint density at radius 2 is 1.85 bits per heavy atom. The molecule has 0 aliphatic rings. The number of hydrogen-bond donors (Lipinski definition) is 2. The van der Waals surface area contributed by atoms with Crippen molar-refractivity contribution in [3.63, 3.8) is 0 Å². The van der Waals surface area contributed by atoms with Crippen molar-refractivity contribution in [2.45, 2.75) is 18.7 Å². The topological polar surface area (TPSA) is 90.6 Å². The molecule has 0 heterocycles. The van der Waals surface area contributed by atoms with Gasteiger partial charge in [0.15, 0.2) is 0 Å². The van der Waals surface area contributed by atoms with Crippen molar-refractivity contribution in [2.24, 2.45) is 0 Å². The van der Waals surface area contributed by atoms with E-state index < -0.39 is 10.0 Å². The van der Waals surface area contributed by atoms with Crippen molar-refractivity contribution in [1.29, 1.82) is 0 Å². The molecule has 0 aliphatic carbocycles. The summed E-state index contributed by atoms with van der Waals surface area (Å²) in [7, 11) is -0.862. The van der Waals surface area contributed by atoms with Gasteiger partial charge in [0.05, 0.1) is 19.9 Å². The van der Waals surface area contributed by atoms with E-state index in [-0.39, 0.29) is 22.9 Å². The van der Waals surface area contributed by atoms with Crippen molar-refractivity contribution < 1.29 is 17.9 Å². The Morgan fingerprint density at radius 1 is 1.25 bits per heavy atom. The second kappa shape index (κ2) is 6.62. The van der Waals surface area contributed by atoms with Crippen LogP contribution in [0.2, 0.25) is 0 Å². The molecule has 0 bridgehead atoms. The van der Waals surface area contributed by atoms with Crippen LogP contribution in [0.3, 0.4) is 0 Å². The summed E-state index contributed by atoms with van der Waals surface area (Å²) in [5.41, 5.74) is 7.00. The van der Waals surface area contributed by atoms with Gasteiger partial charge in [0, 0.05) is 12.6 Å². The minimum atomic E-state index is -3.70. The summed E-state index contributed by atoms with van der Waals surface area (Å²) in [5.74, 6) is 0.547. The highest BCUT2D eigenvalue weighted by molar-refractivity contribution is 7.89. The van der Waals surface area contributed by atoms with Gasteiger partial charge in [-0.3, -0.25) is 0 Å². The molecule has 0 aromatic heterocycles. The van der Waals surface area contributed by atoms with Crippen molar-refractivity contribution in [1.82, 2.24) is 4.72 Å². The summed E-state index contributed by atoms with van der Waals surface area (Å²) in [6, 6.07) is 2.77. The monoisotopic (exact) mass is 300 g/mol. The molecule has 0 spiro atoms. The lowest BCUT2D eigenvalue weighted by Crippen LogP contribution is -2.24. The molecule has 0 unspecified atom stereocenters. The third-order valence-corrected chi connectivity index (χ3v) is 4.03. The van der Waals surface area contributed by atoms with Crippen LogP contribution < -0.4 is 19.9 Å². The molecular weight excluding hydrogens is 280 g/mol. The molecule has 3 N–H and O–H groups in total. The Hall–Kier alpha value is -1.73. The number of nitrogens with two attached hydrogens (primary N) is 1. The standard InChI is InChI=1S/C13H20N2O4S/c1-9(2)5-6-15-20(16,17)13-7-10(14)11(18-3)8-12(13)19-4/h5,7-8,15H,6,14H2,1-4H3. The number of anilines is 1. The second-order valence-electron chi connectivity index (χ2n) is 4.38. The van der Waals surface area contributed by atoms with Crippen molar-refractivity contribution in [3.8, 4) is 11.5 Å². The molecule has 1 rings (SSSR count). The molecular formula is C13H20N2O4S. The molecule has 0 aliphatic heterocycles. The number of rotatable bonds is 6. The number of methoxy groups -OCH3 is 2. The number of nitrogen functional groups attached to an aromatic ring is 1. The van der Waals surface area contributed by atoms with E-state index in [0.717, 1.165) is 5.57 Å². The van der Waals surface area contributed by atoms with Crippen molar-refractivity contribution in [2.75, 3.05) is 26.5 Å². The van der Waals surface area contributed by atoms with Crippen LogP contribution >= 0.6 is 0 Å². The third kappa shape index (κ3) is 3.88. The summed E-state index contributed by atoms with van der Waals surface area (Å²) in [6.07, 6.45) is 1.77. The fraction of sp³-hybridized carbons (Fsp3) is 0.385. The number of allylic oxidation sites excluding steroid dienone is 1. The molecule has 20 heavy (non-hydrogen) atoms. The molecule has 0 saturated heterocycles. The van der Waals surface area contributed by atoms with Gasteiger partial charge in [-0.15, -0.1) is 0 Å². The van der Waals surface area contributed by atoms with Gasteiger partial charge in [0.1, 0.15) is 16.4 Å². The number of benzene rings is 1. The number of nitrogens with one attached hydrogen (secondary N) is 1. The SMILES string of the molecule is COc1cc(OC)c(S(=O)(=O)NCC=C(C)C)cc1N. The predicted molar refractivity (Wildman–Crippen MR) is 78.6 cm³/mol. The van der Waals surface area contributed by atoms with Crippen LogP contribution in [-0.2, 0) is 10.0 Å². The van der Waals surface area contributed by atoms with Gasteiger partial charge in [-0.05, 0) is 19.9 Å². The molecule has 1 aromatic carbocycles. The first-order valence-corrected chi connectivity index (χ1v) is 7.44.